The quantitative estimate of drug-likeness (QED) is 0.844. The molecule has 5 nitrogen and oxygen atoms in total. The first-order valence-corrected chi connectivity index (χ1v) is 7.47. The van der Waals surface area contributed by atoms with Crippen molar-refractivity contribution < 1.29 is 17.7 Å². The highest BCUT2D eigenvalue weighted by Crippen LogP contribution is 2.15. The highest BCUT2D eigenvalue weighted by molar-refractivity contribution is 7.88. The van der Waals surface area contributed by atoms with Crippen LogP contribution in [0.3, 0.4) is 0 Å². The molecule has 0 atom stereocenters. The molecule has 0 amide bonds. The van der Waals surface area contributed by atoms with Crippen molar-refractivity contribution in [3.63, 3.8) is 0 Å². The smallest absolute Gasteiger partial charge is 0.384 e. The Bertz CT molecular complexity index is 744. The highest BCUT2D eigenvalue weighted by atomic mass is 32.2. The second kappa shape index (κ2) is 6.79. The number of hydrogen-bond donors (Lipinski definition) is 2. The van der Waals surface area contributed by atoms with Crippen LogP contribution in [0.4, 0.5) is 5.69 Å². The summed E-state index contributed by atoms with van der Waals surface area (Å²) < 4.78 is 30.9. The zero-order valence-electron chi connectivity index (χ0n) is 11.0. The van der Waals surface area contributed by atoms with Gasteiger partial charge in [-0.3, -0.25) is 4.72 Å². The van der Waals surface area contributed by atoms with Crippen LogP contribution in [-0.4, -0.2) is 20.1 Å². The SMILES string of the molecule is O=S(=O)(Nc1ccc(C#CCO)cc1)Oc1ccccc1. The largest absolute Gasteiger partial charge is 0.407 e. The Kier molecular flexibility index (Phi) is 4.82. The van der Waals surface area contributed by atoms with Crippen LogP contribution in [-0.2, 0) is 10.3 Å². The number of hydrogen-bond acceptors (Lipinski definition) is 4. The standard InChI is InChI=1S/C15H13NO4S/c17-12-4-5-13-8-10-14(11-9-13)16-21(18,19)20-15-6-2-1-3-7-15/h1-3,6-11,16-17H,12H2. The van der Waals surface area contributed by atoms with Gasteiger partial charge in [0.15, 0.2) is 0 Å². The van der Waals surface area contributed by atoms with Crippen molar-refractivity contribution >= 4 is 16.0 Å². The topological polar surface area (TPSA) is 75.6 Å². The molecule has 0 heterocycles. The molecule has 0 radical (unpaired) electrons. The Morgan fingerprint density at radius 2 is 1.71 bits per heavy atom. The van der Waals surface area contributed by atoms with Crippen LogP contribution >= 0.6 is 0 Å². The molecule has 0 unspecified atom stereocenters. The number of rotatable bonds is 4. The summed E-state index contributed by atoms with van der Waals surface area (Å²) in [5, 5.41) is 8.59. The molecule has 0 aliphatic carbocycles. The lowest BCUT2D eigenvalue weighted by Gasteiger charge is -2.08. The van der Waals surface area contributed by atoms with E-state index in [-0.39, 0.29) is 12.4 Å². The average Bonchev–Trinajstić information content (AvgIpc) is 2.47. The molecule has 0 aromatic heterocycles. The predicted octanol–water partition coefficient (Wildman–Crippen LogP) is 1.77. The van der Waals surface area contributed by atoms with Crippen LogP contribution in [0.1, 0.15) is 5.56 Å². The third-order valence-corrected chi connectivity index (χ3v) is 3.29. The number of benzene rings is 2. The van der Waals surface area contributed by atoms with Crippen molar-refractivity contribution in [2.24, 2.45) is 0 Å². The van der Waals surface area contributed by atoms with Gasteiger partial charge in [0.1, 0.15) is 12.4 Å². The van der Waals surface area contributed by atoms with E-state index in [4.69, 9.17) is 9.29 Å². The lowest BCUT2D eigenvalue weighted by atomic mass is 10.2. The van der Waals surface area contributed by atoms with E-state index in [1.807, 2.05) is 0 Å². The lowest BCUT2D eigenvalue weighted by molar-refractivity contribution is 0.350. The van der Waals surface area contributed by atoms with Crippen molar-refractivity contribution in [3.05, 3.63) is 60.2 Å². The van der Waals surface area contributed by atoms with E-state index in [9.17, 15) is 8.42 Å². The van der Waals surface area contributed by atoms with Gasteiger partial charge < -0.3 is 9.29 Å². The molecule has 2 aromatic carbocycles. The minimum absolute atomic E-state index is 0.223. The highest BCUT2D eigenvalue weighted by Gasteiger charge is 2.12. The van der Waals surface area contributed by atoms with Gasteiger partial charge in [-0.15, -0.1) is 0 Å². The summed E-state index contributed by atoms with van der Waals surface area (Å²) in [7, 11) is -3.94. The Hall–Kier alpha value is -2.49. The van der Waals surface area contributed by atoms with Gasteiger partial charge in [-0.1, -0.05) is 30.0 Å². The maximum atomic E-state index is 11.8. The number of nitrogens with one attached hydrogen (secondary N) is 1. The van der Waals surface area contributed by atoms with Crippen LogP contribution in [0.25, 0.3) is 0 Å². The van der Waals surface area contributed by atoms with Gasteiger partial charge in [0.25, 0.3) is 0 Å². The molecule has 0 saturated carbocycles. The van der Waals surface area contributed by atoms with Gasteiger partial charge in [-0.25, -0.2) is 0 Å². The Labute approximate surface area is 123 Å². The van der Waals surface area contributed by atoms with Crippen molar-refractivity contribution in [2.75, 3.05) is 11.3 Å². The number of anilines is 1. The van der Waals surface area contributed by atoms with Crippen LogP contribution in [0, 0.1) is 11.8 Å². The van der Waals surface area contributed by atoms with Gasteiger partial charge in [0.2, 0.25) is 0 Å². The first-order chi connectivity index (χ1) is 10.1. The van der Waals surface area contributed by atoms with Crippen LogP contribution in [0.5, 0.6) is 5.75 Å². The monoisotopic (exact) mass is 303 g/mol. The van der Waals surface area contributed by atoms with Gasteiger partial charge in [0.05, 0.1) is 5.69 Å². The zero-order chi connectivity index (χ0) is 15.1. The summed E-state index contributed by atoms with van der Waals surface area (Å²) in [5.74, 6) is 5.45. The molecule has 0 spiro atoms. The van der Waals surface area contributed by atoms with E-state index in [0.29, 0.717) is 11.3 Å². The molecule has 108 valence electrons. The van der Waals surface area contributed by atoms with Crippen molar-refractivity contribution in [3.8, 4) is 17.6 Å². The fraction of sp³-hybridized carbons (Fsp3) is 0.0667. The maximum absolute atomic E-state index is 11.8. The molecule has 21 heavy (non-hydrogen) atoms. The van der Waals surface area contributed by atoms with Crippen molar-refractivity contribution in [2.45, 2.75) is 0 Å². The third kappa shape index (κ3) is 4.84. The Balaban J connectivity index is 2.06. The minimum atomic E-state index is -3.94. The molecule has 2 N–H and O–H groups in total. The van der Waals surface area contributed by atoms with Gasteiger partial charge in [0, 0.05) is 5.56 Å². The molecule has 0 aliphatic rings. The molecule has 0 fully saturated rings. The first-order valence-electron chi connectivity index (χ1n) is 6.06. The summed E-state index contributed by atoms with van der Waals surface area (Å²) in [5.41, 5.74) is 1.04. The second-order valence-electron chi connectivity index (χ2n) is 3.99. The lowest BCUT2D eigenvalue weighted by Crippen LogP contribution is -2.19. The fourth-order valence-electron chi connectivity index (χ4n) is 1.53. The molecule has 0 aliphatic heterocycles. The fourth-order valence-corrected chi connectivity index (χ4v) is 2.36. The summed E-state index contributed by atoms with van der Waals surface area (Å²) >= 11 is 0. The molecule has 0 saturated heterocycles. The molecule has 6 heteroatoms. The summed E-state index contributed by atoms with van der Waals surface area (Å²) in [6, 6.07) is 14.6. The molecule has 2 rings (SSSR count). The van der Waals surface area contributed by atoms with Gasteiger partial charge in [-0.05, 0) is 36.4 Å². The summed E-state index contributed by atoms with van der Waals surface area (Å²) in [6.45, 7) is -0.223. The van der Waals surface area contributed by atoms with Crippen LogP contribution in [0.15, 0.2) is 54.6 Å². The molecular formula is C15H13NO4S. The first kappa shape index (κ1) is 14.9. The maximum Gasteiger partial charge on any atom is 0.407 e. The average molecular weight is 303 g/mol. The van der Waals surface area contributed by atoms with Gasteiger partial charge in [-0.2, -0.15) is 8.42 Å². The van der Waals surface area contributed by atoms with E-state index < -0.39 is 10.3 Å². The molecule has 2 aromatic rings. The van der Waals surface area contributed by atoms with E-state index in [2.05, 4.69) is 16.6 Å². The predicted molar refractivity (Wildman–Crippen MR) is 80.0 cm³/mol. The Morgan fingerprint density at radius 3 is 2.33 bits per heavy atom. The van der Waals surface area contributed by atoms with Crippen LogP contribution in [0.2, 0.25) is 0 Å². The summed E-state index contributed by atoms with van der Waals surface area (Å²) in [4.78, 5) is 0. The number of aliphatic hydroxyl groups excluding tert-OH is 1. The van der Waals surface area contributed by atoms with Crippen molar-refractivity contribution in [1.82, 2.24) is 0 Å². The second-order valence-corrected chi connectivity index (χ2v) is 5.27. The van der Waals surface area contributed by atoms with E-state index in [0.717, 1.165) is 0 Å². The van der Waals surface area contributed by atoms with E-state index in [1.165, 1.54) is 0 Å². The van der Waals surface area contributed by atoms with Gasteiger partial charge >= 0.3 is 10.3 Å². The zero-order valence-corrected chi connectivity index (χ0v) is 11.8. The Morgan fingerprint density at radius 1 is 1.05 bits per heavy atom. The van der Waals surface area contributed by atoms with E-state index in [1.54, 1.807) is 54.6 Å². The molecule has 0 bridgehead atoms. The minimum Gasteiger partial charge on any atom is -0.384 e. The third-order valence-electron chi connectivity index (χ3n) is 2.39. The molecular weight excluding hydrogens is 290 g/mol. The number of aliphatic hydroxyl groups is 1. The van der Waals surface area contributed by atoms with Crippen molar-refractivity contribution in [1.29, 1.82) is 0 Å². The number of para-hydroxylation sites is 1. The summed E-state index contributed by atoms with van der Waals surface area (Å²) in [6.07, 6.45) is 0. The van der Waals surface area contributed by atoms with E-state index >= 15 is 0 Å². The van der Waals surface area contributed by atoms with Crippen LogP contribution < -0.4 is 8.91 Å². The normalized spacial score (nSPS) is 10.3.